The number of carbonyl (C=O) groups excluding carboxylic acids is 2. The van der Waals surface area contributed by atoms with E-state index in [1.54, 1.807) is 29.6 Å². The number of rotatable bonds is 4. The molecule has 0 aliphatic heterocycles. The van der Waals surface area contributed by atoms with Crippen molar-refractivity contribution >= 4 is 23.2 Å². The van der Waals surface area contributed by atoms with Crippen molar-refractivity contribution in [3.63, 3.8) is 0 Å². The van der Waals surface area contributed by atoms with Crippen LogP contribution in [0.15, 0.2) is 29.6 Å². The topological polar surface area (TPSA) is 68.3 Å². The van der Waals surface area contributed by atoms with Gasteiger partial charge in [0.2, 0.25) is 0 Å². The molecule has 21 heavy (non-hydrogen) atoms. The summed E-state index contributed by atoms with van der Waals surface area (Å²) in [5, 5.41) is 4.75. The van der Waals surface area contributed by atoms with E-state index < -0.39 is 5.97 Å². The first kappa shape index (κ1) is 14.8. The van der Waals surface area contributed by atoms with Crippen LogP contribution in [0.5, 0.6) is 0 Å². The number of benzene rings is 1. The molecule has 0 atom stereocenters. The minimum atomic E-state index is -0.442. The maximum absolute atomic E-state index is 11.9. The first-order valence-corrected chi connectivity index (χ1v) is 6.90. The monoisotopic (exact) mass is 300 g/mol. The summed E-state index contributed by atoms with van der Waals surface area (Å²) in [6.07, 6.45) is 5.21. The van der Waals surface area contributed by atoms with E-state index in [2.05, 4.69) is 16.2 Å². The highest BCUT2D eigenvalue weighted by Gasteiger charge is 2.13. The minimum Gasteiger partial charge on any atom is -0.465 e. The van der Waals surface area contributed by atoms with Crippen LogP contribution in [0, 0.1) is 12.3 Å². The van der Waals surface area contributed by atoms with Crippen LogP contribution >= 0.6 is 11.3 Å². The molecule has 0 spiro atoms. The maximum Gasteiger partial charge on any atom is 0.338 e. The van der Waals surface area contributed by atoms with Gasteiger partial charge in [-0.3, -0.25) is 4.79 Å². The molecule has 0 radical (unpaired) electrons. The van der Waals surface area contributed by atoms with Crippen LogP contribution in [-0.4, -0.2) is 24.0 Å². The highest BCUT2D eigenvalue weighted by molar-refractivity contribution is 7.10. The van der Waals surface area contributed by atoms with Crippen molar-refractivity contribution in [2.45, 2.75) is 6.54 Å². The van der Waals surface area contributed by atoms with Gasteiger partial charge in [-0.05, 0) is 17.6 Å². The Bertz CT molecular complexity index is 716. The van der Waals surface area contributed by atoms with Crippen LogP contribution in [-0.2, 0) is 11.3 Å². The second kappa shape index (κ2) is 6.68. The third-order valence-corrected chi connectivity index (χ3v) is 3.50. The lowest BCUT2D eigenvalue weighted by molar-refractivity contribution is 0.0598. The van der Waals surface area contributed by atoms with Gasteiger partial charge in [-0.15, -0.1) is 17.8 Å². The van der Waals surface area contributed by atoms with Gasteiger partial charge in [0.15, 0.2) is 5.01 Å². The Morgan fingerprint density at radius 1 is 1.43 bits per heavy atom. The number of ether oxygens (including phenoxy) is 1. The highest BCUT2D eigenvalue weighted by atomic mass is 32.1. The molecule has 5 nitrogen and oxygen atoms in total. The molecule has 1 aromatic heterocycles. The standard InChI is InChI=1S/C15H12N2O3S/c1-3-13-17-12(9-21-13)14(18)16-8-10-6-4-5-7-11(10)15(19)20-2/h1,4-7,9H,8H2,2H3,(H,16,18). The summed E-state index contributed by atoms with van der Waals surface area (Å²) >= 11 is 1.23. The van der Waals surface area contributed by atoms with Crippen LogP contribution in [0.3, 0.4) is 0 Å². The molecule has 1 heterocycles. The predicted molar refractivity (Wildman–Crippen MR) is 79.0 cm³/mol. The lowest BCUT2D eigenvalue weighted by atomic mass is 10.1. The van der Waals surface area contributed by atoms with Crippen LogP contribution < -0.4 is 5.32 Å². The molecule has 0 aliphatic rings. The molecule has 0 bridgehead atoms. The fraction of sp³-hybridized carbons (Fsp3) is 0.133. The number of aromatic nitrogens is 1. The molecule has 6 heteroatoms. The first-order valence-electron chi connectivity index (χ1n) is 6.02. The van der Waals surface area contributed by atoms with Gasteiger partial charge in [0.25, 0.3) is 5.91 Å². The summed E-state index contributed by atoms with van der Waals surface area (Å²) in [6, 6.07) is 6.91. The summed E-state index contributed by atoms with van der Waals surface area (Å²) in [4.78, 5) is 27.6. The van der Waals surface area contributed by atoms with Crippen molar-refractivity contribution in [3.05, 3.63) is 51.5 Å². The van der Waals surface area contributed by atoms with Crippen LogP contribution in [0.25, 0.3) is 0 Å². The zero-order chi connectivity index (χ0) is 15.2. The number of hydrogen-bond acceptors (Lipinski definition) is 5. The normalized spacial score (nSPS) is 9.71. The second-order valence-corrected chi connectivity index (χ2v) is 4.87. The third-order valence-electron chi connectivity index (χ3n) is 2.72. The summed E-state index contributed by atoms with van der Waals surface area (Å²) in [6.45, 7) is 0.201. The van der Waals surface area contributed by atoms with Gasteiger partial charge in [-0.25, -0.2) is 9.78 Å². The second-order valence-electron chi connectivity index (χ2n) is 4.01. The zero-order valence-electron chi connectivity index (χ0n) is 11.3. The molecule has 1 aromatic carbocycles. The van der Waals surface area contributed by atoms with Crippen LogP contribution in [0.4, 0.5) is 0 Å². The van der Waals surface area contributed by atoms with Gasteiger partial charge in [0, 0.05) is 11.9 Å². The van der Waals surface area contributed by atoms with E-state index in [0.717, 1.165) is 0 Å². The van der Waals surface area contributed by atoms with Crippen molar-refractivity contribution in [3.8, 4) is 12.3 Å². The lowest BCUT2D eigenvalue weighted by Gasteiger charge is -2.08. The highest BCUT2D eigenvalue weighted by Crippen LogP contribution is 2.11. The Hall–Kier alpha value is -2.65. The maximum atomic E-state index is 11.9. The largest absolute Gasteiger partial charge is 0.465 e. The molecule has 1 N–H and O–H groups in total. The molecule has 2 aromatic rings. The van der Waals surface area contributed by atoms with E-state index in [9.17, 15) is 9.59 Å². The molecule has 2 rings (SSSR count). The molecule has 106 valence electrons. The summed E-state index contributed by atoms with van der Waals surface area (Å²) in [5.74, 6) is 1.59. The van der Waals surface area contributed by atoms with E-state index in [-0.39, 0.29) is 18.1 Å². The number of carbonyl (C=O) groups is 2. The minimum absolute atomic E-state index is 0.201. The fourth-order valence-electron chi connectivity index (χ4n) is 1.69. The Morgan fingerprint density at radius 3 is 2.86 bits per heavy atom. The number of terminal acetylenes is 1. The summed E-state index contributed by atoms with van der Waals surface area (Å²) in [5.41, 5.74) is 1.36. The van der Waals surface area contributed by atoms with Gasteiger partial charge >= 0.3 is 5.97 Å². The number of nitrogens with zero attached hydrogens (tertiary/aromatic N) is 1. The van der Waals surface area contributed by atoms with E-state index in [4.69, 9.17) is 11.2 Å². The number of methoxy groups -OCH3 is 1. The van der Waals surface area contributed by atoms with E-state index >= 15 is 0 Å². The number of hydrogen-bond donors (Lipinski definition) is 1. The molecule has 0 unspecified atom stereocenters. The fourth-order valence-corrected chi connectivity index (χ4v) is 2.30. The molecule has 0 fully saturated rings. The molecule has 1 amide bonds. The molecule has 0 aliphatic carbocycles. The Balaban J connectivity index is 2.08. The molecule has 0 saturated carbocycles. The predicted octanol–water partition coefficient (Wildman–Crippen LogP) is 1.84. The van der Waals surface area contributed by atoms with Crippen LogP contribution in [0.1, 0.15) is 31.4 Å². The quantitative estimate of drug-likeness (QED) is 0.691. The van der Waals surface area contributed by atoms with E-state index in [1.165, 1.54) is 18.4 Å². The van der Waals surface area contributed by atoms with Gasteiger partial charge in [-0.2, -0.15) is 0 Å². The number of esters is 1. The smallest absolute Gasteiger partial charge is 0.338 e. The van der Waals surface area contributed by atoms with Crippen molar-refractivity contribution in [1.82, 2.24) is 10.3 Å². The summed E-state index contributed by atoms with van der Waals surface area (Å²) < 4.78 is 4.70. The third kappa shape index (κ3) is 3.46. The SMILES string of the molecule is C#Cc1nc(C(=O)NCc2ccccc2C(=O)OC)cs1. The van der Waals surface area contributed by atoms with Gasteiger partial charge in [0.1, 0.15) is 5.69 Å². The van der Waals surface area contributed by atoms with E-state index in [1.807, 2.05) is 0 Å². The summed E-state index contributed by atoms with van der Waals surface area (Å²) in [7, 11) is 1.31. The Labute approximate surface area is 126 Å². The molecule has 0 saturated heterocycles. The van der Waals surface area contributed by atoms with Crippen molar-refractivity contribution in [1.29, 1.82) is 0 Å². The van der Waals surface area contributed by atoms with Crippen molar-refractivity contribution < 1.29 is 14.3 Å². The number of amides is 1. The van der Waals surface area contributed by atoms with Crippen molar-refractivity contribution in [2.24, 2.45) is 0 Å². The zero-order valence-corrected chi connectivity index (χ0v) is 12.1. The average molecular weight is 300 g/mol. The van der Waals surface area contributed by atoms with Crippen molar-refractivity contribution in [2.75, 3.05) is 7.11 Å². The average Bonchev–Trinajstić information content (AvgIpc) is 3.01. The molecular weight excluding hydrogens is 288 g/mol. The number of nitrogens with one attached hydrogen (secondary N) is 1. The van der Waals surface area contributed by atoms with E-state index in [0.29, 0.717) is 16.1 Å². The molecular formula is C15H12N2O3S. The Morgan fingerprint density at radius 2 is 2.19 bits per heavy atom. The van der Waals surface area contributed by atoms with Crippen LogP contribution in [0.2, 0.25) is 0 Å². The Kier molecular flexibility index (Phi) is 4.69. The lowest BCUT2D eigenvalue weighted by Crippen LogP contribution is -2.24. The van der Waals surface area contributed by atoms with Gasteiger partial charge < -0.3 is 10.1 Å². The first-order chi connectivity index (χ1) is 10.2. The number of thiazole rings is 1. The van der Waals surface area contributed by atoms with Gasteiger partial charge in [-0.1, -0.05) is 18.2 Å². The van der Waals surface area contributed by atoms with Gasteiger partial charge in [0.05, 0.1) is 12.7 Å².